The Hall–Kier alpha value is -3.97. The molecular formula is C24H24N4O7S2. The molecule has 0 spiro atoms. The molecule has 3 aromatic rings. The first-order chi connectivity index (χ1) is 17.6. The Bertz CT molecular complexity index is 1480. The number of carbonyl (C=O) groups excluding carboxylic acids is 2. The number of benzene rings is 2. The van der Waals surface area contributed by atoms with Gasteiger partial charge in [-0.05, 0) is 61.1 Å². The van der Waals surface area contributed by atoms with Crippen LogP contribution in [0, 0.1) is 16.0 Å². The average molecular weight is 545 g/mol. The highest BCUT2D eigenvalue weighted by Crippen LogP contribution is 2.32. The summed E-state index contributed by atoms with van der Waals surface area (Å²) < 4.78 is 33.3. The predicted octanol–water partition coefficient (Wildman–Crippen LogP) is 3.67. The van der Waals surface area contributed by atoms with Crippen LogP contribution < -0.4 is 20.3 Å². The van der Waals surface area contributed by atoms with Crippen molar-refractivity contribution in [3.63, 3.8) is 0 Å². The summed E-state index contributed by atoms with van der Waals surface area (Å²) in [6.45, 7) is 2.17. The van der Waals surface area contributed by atoms with Crippen molar-refractivity contribution in [1.82, 2.24) is 10.9 Å². The predicted molar refractivity (Wildman–Crippen MR) is 137 cm³/mol. The van der Waals surface area contributed by atoms with Gasteiger partial charge >= 0.3 is 0 Å². The lowest BCUT2D eigenvalue weighted by molar-refractivity contribution is -0.384. The van der Waals surface area contributed by atoms with Gasteiger partial charge in [0, 0.05) is 22.6 Å². The van der Waals surface area contributed by atoms with Crippen LogP contribution in [0.1, 0.15) is 43.8 Å². The Morgan fingerprint density at radius 1 is 1.11 bits per heavy atom. The molecule has 0 saturated carbocycles. The Morgan fingerprint density at radius 2 is 1.86 bits per heavy atom. The molecule has 1 atom stereocenters. The number of nitro benzene ring substituents is 1. The lowest BCUT2D eigenvalue weighted by atomic mass is 9.90. The van der Waals surface area contributed by atoms with Gasteiger partial charge in [-0.25, -0.2) is 8.42 Å². The van der Waals surface area contributed by atoms with E-state index in [-0.39, 0.29) is 27.6 Å². The zero-order chi connectivity index (χ0) is 26.7. The van der Waals surface area contributed by atoms with Crippen molar-refractivity contribution in [3.8, 4) is 5.75 Å². The molecule has 37 heavy (non-hydrogen) atoms. The zero-order valence-corrected chi connectivity index (χ0v) is 21.6. The number of nitro groups is 1. The Labute approximate surface area is 217 Å². The first-order valence-corrected chi connectivity index (χ1v) is 13.5. The number of anilines is 1. The summed E-state index contributed by atoms with van der Waals surface area (Å²) in [5, 5.41) is 11.1. The third-order valence-electron chi connectivity index (χ3n) is 5.89. The first-order valence-electron chi connectivity index (χ1n) is 11.2. The number of sulfonamides is 1. The third-order valence-corrected chi connectivity index (χ3v) is 8.49. The second kappa shape index (κ2) is 10.6. The van der Waals surface area contributed by atoms with Gasteiger partial charge < -0.3 is 4.74 Å². The molecule has 1 aliphatic carbocycles. The number of thiophene rings is 1. The van der Waals surface area contributed by atoms with Gasteiger partial charge in [-0.2, -0.15) is 0 Å². The molecule has 11 nitrogen and oxygen atoms in total. The third kappa shape index (κ3) is 5.89. The lowest BCUT2D eigenvalue weighted by Gasteiger charge is -2.16. The fraction of sp³-hybridized carbons (Fsp3) is 0.250. The minimum Gasteiger partial charge on any atom is -0.495 e. The highest BCUT2D eigenvalue weighted by atomic mass is 32.2. The number of ether oxygens (including phenoxy) is 1. The number of carbonyl (C=O) groups is 2. The van der Waals surface area contributed by atoms with Crippen molar-refractivity contribution in [2.75, 3.05) is 11.8 Å². The van der Waals surface area contributed by atoms with Crippen LogP contribution in [-0.2, 0) is 22.9 Å². The van der Waals surface area contributed by atoms with E-state index in [1.807, 2.05) is 6.07 Å². The van der Waals surface area contributed by atoms with Gasteiger partial charge in [0.25, 0.3) is 27.5 Å². The van der Waals surface area contributed by atoms with E-state index in [4.69, 9.17) is 4.74 Å². The van der Waals surface area contributed by atoms with Crippen LogP contribution in [0.15, 0.2) is 53.4 Å². The standard InChI is InChI=1S/C24H24N4O7S2/c1-14-6-9-21-16(10-14)12-22(36-21)24(30)26-25-23(29)15-4-3-5-18(11-15)37(33,34)27-19-13-17(28(31)32)7-8-20(19)35-2/h3-5,7-8,11-14,27H,6,9-10H2,1-2H3,(H,25,29)(H,26,30)/t14-/m1/s1. The number of methoxy groups -OCH3 is 1. The normalized spacial score (nSPS) is 14.8. The fourth-order valence-corrected chi connectivity index (χ4v) is 6.17. The number of hydrazine groups is 1. The molecule has 0 aliphatic heterocycles. The monoisotopic (exact) mass is 544 g/mol. The SMILES string of the molecule is COc1ccc([N+](=O)[O-])cc1NS(=O)(=O)c1cccc(C(=O)NNC(=O)c2cc3c(s2)CC[C@@H](C)C3)c1. The zero-order valence-electron chi connectivity index (χ0n) is 19.9. The molecule has 1 aliphatic rings. The smallest absolute Gasteiger partial charge is 0.279 e. The number of hydrogen-bond acceptors (Lipinski definition) is 8. The van der Waals surface area contributed by atoms with Crippen molar-refractivity contribution in [2.45, 2.75) is 31.1 Å². The molecule has 1 heterocycles. The van der Waals surface area contributed by atoms with Gasteiger partial charge in [-0.3, -0.25) is 35.3 Å². The van der Waals surface area contributed by atoms with E-state index in [0.29, 0.717) is 10.8 Å². The molecule has 0 radical (unpaired) electrons. The van der Waals surface area contributed by atoms with Gasteiger partial charge in [-0.1, -0.05) is 13.0 Å². The number of nitrogens with zero attached hydrogens (tertiary/aromatic N) is 1. The van der Waals surface area contributed by atoms with Crippen molar-refractivity contribution >= 4 is 44.5 Å². The Kier molecular flexibility index (Phi) is 7.45. The molecule has 194 valence electrons. The Morgan fingerprint density at radius 3 is 2.59 bits per heavy atom. The van der Waals surface area contributed by atoms with Crippen LogP contribution in [0.25, 0.3) is 0 Å². The number of aryl methyl sites for hydroxylation is 1. The second-order valence-corrected chi connectivity index (χ2v) is 11.4. The summed E-state index contributed by atoms with van der Waals surface area (Å²) in [7, 11) is -2.95. The Balaban J connectivity index is 1.46. The second-order valence-electron chi connectivity index (χ2n) is 8.59. The van der Waals surface area contributed by atoms with Crippen LogP contribution in [0.4, 0.5) is 11.4 Å². The van der Waals surface area contributed by atoms with E-state index >= 15 is 0 Å². The number of non-ortho nitro benzene ring substituents is 1. The molecule has 2 amide bonds. The minimum atomic E-state index is -4.24. The molecule has 0 fully saturated rings. The van der Waals surface area contributed by atoms with Crippen LogP contribution in [0.5, 0.6) is 5.75 Å². The van der Waals surface area contributed by atoms with E-state index in [2.05, 4.69) is 22.5 Å². The minimum absolute atomic E-state index is 0.0199. The van der Waals surface area contributed by atoms with E-state index in [1.54, 1.807) is 0 Å². The summed E-state index contributed by atoms with van der Waals surface area (Å²) in [5.74, 6) is -0.527. The maximum atomic E-state index is 13.0. The van der Waals surface area contributed by atoms with Crippen LogP contribution >= 0.6 is 11.3 Å². The number of amides is 2. The summed E-state index contributed by atoms with van der Waals surface area (Å²) in [6.07, 6.45) is 2.93. The van der Waals surface area contributed by atoms with Gasteiger partial charge in [0.2, 0.25) is 0 Å². The van der Waals surface area contributed by atoms with Gasteiger partial charge in [0.15, 0.2) is 0 Å². The molecular weight excluding hydrogens is 520 g/mol. The highest BCUT2D eigenvalue weighted by Gasteiger charge is 2.22. The largest absolute Gasteiger partial charge is 0.495 e. The van der Waals surface area contributed by atoms with Gasteiger partial charge in [0.1, 0.15) is 5.75 Å². The molecule has 4 rings (SSSR count). The first kappa shape index (κ1) is 26.1. The van der Waals surface area contributed by atoms with E-state index in [9.17, 15) is 28.1 Å². The van der Waals surface area contributed by atoms with Crippen molar-refractivity contribution < 1.29 is 27.7 Å². The summed E-state index contributed by atoms with van der Waals surface area (Å²) in [5.41, 5.74) is 5.36. The number of nitrogens with one attached hydrogen (secondary N) is 3. The molecule has 13 heteroatoms. The van der Waals surface area contributed by atoms with Crippen molar-refractivity contribution in [1.29, 1.82) is 0 Å². The van der Waals surface area contributed by atoms with E-state index in [0.717, 1.165) is 37.0 Å². The average Bonchev–Trinajstić information content (AvgIpc) is 3.30. The summed E-state index contributed by atoms with van der Waals surface area (Å²) >= 11 is 1.40. The topological polar surface area (TPSA) is 157 Å². The van der Waals surface area contributed by atoms with E-state index in [1.165, 1.54) is 53.7 Å². The van der Waals surface area contributed by atoms with Crippen molar-refractivity contribution in [2.24, 2.45) is 5.92 Å². The molecule has 1 aromatic heterocycles. The molecule has 0 bridgehead atoms. The molecule has 2 aromatic carbocycles. The van der Waals surface area contributed by atoms with Crippen LogP contribution in [-0.4, -0.2) is 32.3 Å². The van der Waals surface area contributed by atoms with Crippen LogP contribution in [0.2, 0.25) is 0 Å². The number of fused-ring (bicyclic) bond motifs is 1. The fourth-order valence-electron chi connectivity index (χ4n) is 3.96. The number of hydrogen-bond donors (Lipinski definition) is 3. The number of rotatable bonds is 7. The lowest BCUT2D eigenvalue weighted by Crippen LogP contribution is -2.41. The van der Waals surface area contributed by atoms with Crippen molar-refractivity contribution in [3.05, 3.63) is 79.5 Å². The van der Waals surface area contributed by atoms with Gasteiger partial charge in [-0.15, -0.1) is 11.3 Å². The van der Waals surface area contributed by atoms with Crippen LogP contribution in [0.3, 0.4) is 0 Å². The maximum absolute atomic E-state index is 13.0. The molecule has 0 unspecified atom stereocenters. The molecule has 3 N–H and O–H groups in total. The summed E-state index contributed by atoms with van der Waals surface area (Å²) in [4.78, 5) is 37.0. The molecule has 0 saturated heterocycles. The van der Waals surface area contributed by atoms with E-state index < -0.39 is 26.8 Å². The van der Waals surface area contributed by atoms with Gasteiger partial charge in [0.05, 0.1) is 27.5 Å². The summed E-state index contributed by atoms with van der Waals surface area (Å²) in [6, 6.07) is 10.5. The quantitative estimate of drug-likeness (QED) is 0.303. The highest BCUT2D eigenvalue weighted by molar-refractivity contribution is 7.92. The maximum Gasteiger partial charge on any atom is 0.279 e.